The summed E-state index contributed by atoms with van der Waals surface area (Å²) in [7, 11) is 0. The number of carbonyl (C=O) groups is 1. The number of carbonyl (C=O) groups excluding carboxylic acids is 1. The summed E-state index contributed by atoms with van der Waals surface area (Å²) in [4.78, 5) is 13.1. The molecule has 0 bridgehead atoms. The summed E-state index contributed by atoms with van der Waals surface area (Å²) in [5, 5.41) is 75.8. The van der Waals surface area contributed by atoms with Crippen LogP contribution in [0.3, 0.4) is 0 Å². The van der Waals surface area contributed by atoms with E-state index in [0.29, 0.717) is 19.3 Å². The molecule has 0 radical (unpaired) electrons. The van der Waals surface area contributed by atoms with Gasteiger partial charge in [0.25, 0.3) is 0 Å². The number of aliphatic hydroxyl groups excluding tert-OH is 7. The maximum absolute atomic E-state index is 13.1. The predicted octanol–water partition coefficient (Wildman–Crippen LogP) is 10.7. The SMILES string of the molecule is CCCCCCCCCCCCCCCC/C=C/CC/C=C/CC/C=C/CCCC(O)C(O)C(COC1OC(CO)C(O)C(O)C1O)NC(=O)C(O)CCCCCCCCCCCCCC. The van der Waals surface area contributed by atoms with E-state index in [1.165, 1.54) is 148 Å². The Kier molecular flexibility index (Phi) is 42.1. The van der Waals surface area contributed by atoms with Crippen LogP contribution in [0.2, 0.25) is 0 Å². The maximum Gasteiger partial charge on any atom is 0.249 e. The fourth-order valence-corrected chi connectivity index (χ4v) is 8.65. The maximum atomic E-state index is 13.1. The van der Waals surface area contributed by atoms with Crippen molar-refractivity contribution in [3.05, 3.63) is 36.5 Å². The molecule has 1 aliphatic heterocycles. The predicted molar refractivity (Wildman–Crippen MR) is 270 cm³/mol. The minimum atomic E-state index is -1.67. The number of amides is 1. The third-order valence-corrected chi connectivity index (χ3v) is 13.2. The molecule has 8 N–H and O–H groups in total. The van der Waals surface area contributed by atoms with Crippen LogP contribution < -0.4 is 5.32 Å². The van der Waals surface area contributed by atoms with Crippen molar-refractivity contribution in [1.29, 1.82) is 0 Å². The molecule has 11 nitrogen and oxygen atoms in total. The highest BCUT2D eigenvalue weighted by Crippen LogP contribution is 2.23. The Labute approximate surface area is 403 Å². The molecule has 0 aromatic carbocycles. The zero-order valence-electron chi connectivity index (χ0n) is 42.2. The number of ether oxygens (including phenoxy) is 2. The lowest BCUT2D eigenvalue weighted by atomic mass is 9.98. The fourth-order valence-electron chi connectivity index (χ4n) is 8.65. The Bertz CT molecular complexity index is 1170. The van der Waals surface area contributed by atoms with Crippen molar-refractivity contribution in [3.63, 3.8) is 0 Å². The molecule has 1 amide bonds. The summed E-state index contributed by atoms with van der Waals surface area (Å²) in [6.45, 7) is 3.43. The van der Waals surface area contributed by atoms with Crippen LogP contribution >= 0.6 is 0 Å². The number of nitrogens with one attached hydrogen (secondary N) is 1. The minimum Gasteiger partial charge on any atom is -0.394 e. The van der Waals surface area contributed by atoms with Gasteiger partial charge in [-0.15, -0.1) is 0 Å². The van der Waals surface area contributed by atoms with Gasteiger partial charge in [-0.1, -0.05) is 211 Å². The van der Waals surface area contributed by atoms with Crippen LogP contribution in [-0.2, 0) is 14.3 Å². The monoisotopic (exact) mass is 938 g/mol. The molecular weight excluding hydrogens is 835 g/mol. The zero-order chi connectivity index (χ0) is 48.3. The third kappa shape index (κ3) is 33.0. The molecule has 1 heterocycles. The highest BCUT2D eigenvalue weighted by atomic mass is 16.7. The number of hydrogen-bond acceptors (Lipinski definition) is 10. The van der Waals surface area contributed by atoms with Crippen molar-refractivity contribution in [2.75, 3.05) is 13.2 Å². The van der Waals surface area contributed by atoms with E-state index in [-0.39, 0.29) is 12.8 Å². The summed E-state index contributed by atoms with van der Waals surface area (Å²) < 4.78 is 11.1. The van der Waals surface area contributed by atoms with Crippen molar-refractivity contribution in [2.24, 2.45) is 0 Å². The van der Waals surface area contributed by atoms with E-state index in [2.05, 4.69) is 55.6 Å². The molecule has 0 aromatic heterocycles. The van der Waals surface area contributed by atoms with E-state index in [1.54, 1.807) is 0 Å². The van der Waals surface area contributed by atoms with Gasteiger partial charge >= 0.3 is 0 Å². The van der Waals surface area contributed by atoms with Crippen LogP contribution in [-0.4, -0.2) is 110 Å². The second-order valence-corrected chi connectivity index (χ2v) is 19.3. The largest absolute Gasteiger partial charge is 0.394 e. The Balaban J connectivity index is 2.34. The molecule has 1 aliphatic rings. The second-order valence-electron chi connectivity index (χ2n) is 19.3. The van der Waals surface area contributed by atoms with Crippen LogP contribution in [0.1, 0.15) is 239 Å². The van der Waals surface area contributed by atoms with Gasteiger partial charge in [0.05, 0.1) is 25.4 Å². The van der Waals surface area contributed by atoms with E-state index in [1.807, 2.05) is 0 Å². The van der Waals surface area contributed by atoms with Gasteiger partial charge in [-0.05, 0) is 64.2 Å². The average molecular weight is 938 g/mol. The van der Waals surface area contributed by atoms with Crippen molar-refractivity contribution in [1.82, 2.24) is 5.32 Å². The lowest BCUT2D eigenvalue weighted by molar-refractivity contribution is -0.303. The molecule has 11 heteroatoms. The highest BCUT2D eigenvalue weighted by Gasteiger charge is 2.44. The molecule has 66 heavy (non-hydrogen) atoms. The highest BCUT2D eigenvalue weighted by molar-refractivity contribution is 5.80. The molecule has 1 rings (SSSR count). The summed E-state index contributed by atoms with van der Waals surface area (Å²) in [6.07, 6.45) is 42.1. The second kappa shape index (κ2) is 44.5. The zero-order valence-corrected chi connectivity index (χ0v) is 42.2. The van der Waals surface area contributed by atoms with E-state index >= 15 is 0 Å². The van der Waals surface area contributed by atoms with Crippen LogP contribution in [0.15, 0.2) is 36.5 Å². The molecular formula is C55H103NO10. The van der Waals surface area contributed by atoms with Crippen molar-refractivity contribution < 1.29 is 50.0 Å². The van der Waals surface area contributed by atoms with Crippen LogP contribution in [0.5, 0.6) is 0 Å². The molecule has 0 saturated carbocycles. The van der Waals surface area contributed by atoms with Gasteiger partial charge in [0.15, 0.2) is 6.29 Å². The molecule has 0 aromatic rings. The van der Waals surface area contributed by atoms with Crippen molar-refractivity contribution in [3.8, 4) is 0 Å². The third-order valence-electron chi connectivity index (χ3n) is 13.2. The summed E-state index contributed by atoms with van der Waals surface area (Å²) in [5.41, 5.74) is 0. The molecule has 1 fully saturated rings. The summed E-state index contributed by atoms with van der Waals surface area (Å²) in [5.74, 6) is -0.712. The Morgan fingerprint density at radius 3 is 1.35 bits per heavy atom. The number of rotatable bonds is 46. The average Bonchev–Trinajstić information content (AvgIpc) is 3.32. The van der Waals surface area contributed by atoms with E-state index in [4.69, 9.17) is 9.47 Å². The first kappa shape index (κ1) is 62.3. The molecule has 1 saturated heterocycles. The lowest BCUT2D eigenvalue weighted by Crippen LogP contribution is -2.60. The van der Waals surface area contributed by atoms with Crippen molar-refractivity contribution in [2.45, 2.75) is 294 Å². The minimum absolute atomic E-state index is 0.242. The Morgan fingerprint density at radius 2 is 0.909 bits per heavy atom. The number of aliphatic hydroxyl groups is 7. The van der Waals surface area contributed by atoms with E-state index in [0.717, 1.165) is 44.9 Å². The van der Waals surface area contributed by atoms with Crippen LogP contribution in [0, 0.1) is 0 Å². The van der Waals surface area contributed by atoms with Gasteiger partial charge in [0.1, 0.15) is 36.6 Å². The van der Waals surface area contributed by atoms with Gasteiger partial charge in [-0.3, -0.25) is 4.79 Å². The summed E-state index contributed by atoms with van der Waals surface area (Å²) >= 11 is 0. The molecule has 0 spiro atoms. The van der Waals surface area contributed by atoms with E-state index in [9.17, 15) is 40.5 Å². The number of hydrogen-bond donors (Lipinski definition) is 8. The first-order valence-corrected chi connectivity index (χ1v) is 27.4. The van der Waals surface area contributed by atoms with Crippen LogP contribution in [0.25, 0.3) is 0 Å². The Hall–Kier alpha value is -1.67. The quantitative estimate of drug-likeness (QED) is 0.0215. The standard InChI is InChI=1S/C55H103NO10/c1-3-5-7-9-11-13-15-17-18-19-20-21-22-23-24-25-26-27-28-29-30-31-33-34-36-38-40-42-47(58)50(60)46(45-65-55-53(63)52(62)51(61)49(44-57)66-55)56-54(64)48(59)43-41-39-37-35-32-16-14-12-10-8-6-4-2/h25-26,29-30,34,36,46-53,55,57-63H,3-24,27-28,31-33,35,37-45H2,1-2H3,(H,56,64)/b26-25+,30-29+,36-34+. The smallest absolute Gasteiger partial charge is 0.249 e. The first-order valence-electron chi connectivity index (χ1n) is 27.4. The molecule has 9 unspecified atom stereocenters. The topological polar surface area (TPSA) is 189 Å². The van der Waals surface area contributed by atoms with Gasteiger partial charge < -0.3 is 50.5 Å². The lowest BCUT2D eigenvalue weighted by Gasteiger charge is -2.40. The van der Waals surface area contributed by atoms with E-state index < -0.39 is 74.2 Å². The summed E-state index contributed by atoms with van der Waals surface area (Å²) in [6, 6.07) is -1.19. The Morgan fingerprint density at radius 1 is 0.515 bits per heavy atom. The molecule has 0 aliphatic carbocycles. The number of allylic oxidation sites excluding steroid dienone is 6. The van der Waals surface area contributed by atoms with Gasteiger partial charge in [-0.25, -0.2) is 0 Å². The van der Waals surface area contributed by atoms with Gasteiger partial charge in [0, 0.05) is 0 Å². The van der Waals surface area contributed by atoms with Crippen LogP contribution in [0.4, 0.5) is 0 Å². The van der Waals surface area contributed by atoms with Crippen molar-refractivity contribution >= 4 is 5.91 Å². The van der Waals surface area contributed by atoms with Gasteiger partial charge in [-0.2, -0.15) is 0 Å². The number of unbranched alkanes of at least 4 members (excludes halogenated alkanes) is 28. The molecule has 388 valence electrons. The molecule has 9 atom stereocenters. The van der Waals surface area contributed by atoms with Gasteiger partial charge in [0.2, 0.25) is 5.91 Å². The normalized spacial score (nSPS) is 21.0. The fraction of sp³-hybridized carbons (Fsp3) is 0.873. The first-order chi connectivity index (χ1) is 32.2.